The van der Waals surface area contributed by atoms with E-state index in [9.17, 15) is 0 Å². The van der Waals surface area contributed by atoms with Crippen LogP contribution in [0.3, 0.4) is 0 Å². The average molecular weight is 251 g/mol. The number of hydrogen-bond acceptors (Lipinski definition) is 5. The second kappa shape index (κ2) is 5.32. The van der Waals surface area contributed by atoms with Gasteiger partial charge >= 0.3 is 0 Å². The molecule has 0 bridgehead atoms. The van der Waals surface area contributed by atoms with Gasteiger partial charge in [-0.15, -0.1) is 10.2 Å². The summed E-state index contributed by atoms with van der Waals surface area (Å²) in [5, 5.41) is 12.3. The first-order valence-corrected chi connectivity index (χ1v) is 6.88. The van der Waals surface area contributed by atoms with Gasteiger partial charge in [0.15, 0.2) is 4.34 Å². The lowest BCUT2D eigenvalue weighted by atomic mass is 10.2. The molecule has 0 radical (unpaired) electrons. The second-order valence-electron chi connectivity index (χ2n) is 3.25. The summed E-state index contributed by atoms with van der Waals surface area (Å²) in [6, 6.07) is 8.16. The van der Waals surface area contributed by atoms with E-state index < -0.39 is 0 Å². The molecule has 0 fully saturated rings. The molecule has 0 atom stereocenters. The van der Waals surface area contributed by atoms with Crippen molar-refractivity contribution in [3.63, 3.8) is 0 Å². The quantitative estimate of drug-likeness (QED) is 0.841. The zero-order valence-corrected chi connectivity index (χ0v) is 10.9. The lowest BCUT2D eigenvalue weighted by Crippen LogP contribution is -1.91. The zero-order valence-electron chi connectivity index (χ0n) is 9.23. The molecule has 2 aromatic rings. The van der Waals surface area contributed by atoms with Crippen LogP contribution in [-0.2, 0) is 0 Å². The molecular formula is C11H13N3S2. The third-order valence-electron chi connectivity index (χ3n) is 2.06. The van der Waals surface area contributed by atoms with Gasteiger partial charge in [-0.2, -0.15) is 0 Å². The molecule has 1 aromatic carbocycles. The van der Waals surface area contributed by atoms with Crippen LogP contribution in [0.5, 0.6) is 0 Å². The van der Waals surface area contributed by atoms with Crippen LogP contribution in [-0.4, -0.2) is 16.0 Å². The van der Waals surface area contributed by atoms with Gasteiger partial charge in [0, 0.05) is 5.69 Å². The Morgan fingerprint density at radius 1 is 1.31 bits per heavy atom. The second-order valence-corrected chi connectivity index (χ2v) is 5.73. The smallest absolute Gasteiger partial charge is 0.210 e. The summed E-state index contributed by atoms with van der Waals surface area (Å²) in [6.45, 7) is 4.19. The molecule has 0 unspecified atom stereocenters. The fourth-order valence-corrected chi connectivity index (χ4v) is 2.93. The fraction of sp³-hybridized carbons (Fsp3) is 0.273. The predicted molar refractivity (Wildman–Crippen MR) is 70.8 cm³/mol. The molecule has 1 N–H and O–H groups in total. The van der Waals surface area contributed by atoms with E-state index in [4.69, 9.17) is 0 Å². The minimum atomic E-state index is 0.852. The van der Waals surface area contributed by atoms with Crippen molar-refractivity contribution in [1.82, 2.24) is 10.2 Å². The Balaban J connectivity index is 2.11. The van der Waals surface area contributed by atoms with E-state index >= 15 is 0 Å². The van der Waals surface area contributed by atoms with Crippen LogP contribution in [0.15, 0.2) is 28.6 Å². The molecule has 84 valence electrons. The number of hydrogen-bond donors (Lipinski definition) is 1. The third-order valence-corrected chi connectivity index (χ3v) is 3.92. The standard InChI is InChI=1S/C11H13N3S2/c1-3-15-11-14-13-10(16-11)12-9-7-5-4-6-8(9)2/h4-7H,3H2,1-2H3,(H,12,13). The minimum Gasteiger partial charge on any atom is -0.330 e. The molecule has 3 nitrogen and oxygen atoms in total. The lowest BCUT2D eigenvalue weighted by Gasteiger charge is -2.04. The first-order chi connectivity index (χ1) is 7.79. The summed E-state index contributed by atoms with van der Waals surface area (Å²) in [7, 11) is 0. The molecule has 0 aliphatic rings. The van der Waals surface area contributed by atoms with Crippen molar-refractivity contribution in [2.75, 3.05) is 11.1 Å². The van der Waals surface area contributed by atoms with Gasteiger partial charge in [-0.25, -0.2) is 0 Å². The van der Waals surface area contributed by atoms with Gasteiger partial charge in [0.1, 0.15) is 0 Å². The number of para-hydroxylation sites is 1. The van der Waals surface area contributed by atoms with Crippen LogP contribution in [0.2, 0.25) is 0 Å². The van der Waals surface area contributed by atoms with Gasteiger partial charge in [-0.1, -0.05) is 48.2 Å². The van der Waals surface area contributed by atoms with Gasteiger partial charge in [-0.05, 0) is 24.3 Å². The number of anilines is 2. The summed E-state index contributed by atoms with van der Waals surface area (Å²) in [6.07, 6.45) is 0. The Kier molecular flexibility index (Phi) is 3.79. The molecule has 0 saturated carbocycles. The number of aryl methyl sites for hydroxylation is 1. The van der Waals surface area contributed by atoms with Gasteiger partial charge in [0.25, 0.3) is 0 Å². The topological polar surface area (TPSA) is 37.8 Å². The van der Waals surface area contributed by atoms with Crippen LogP contribution in [0.25, 0.3) is 0 Å². The van der Waals surface area contributed by atoms with E-state index in [0.717, 1.165) is 20.9 Å². The van der Waals surface area contributed by atoms with Crippen molar-refractivity contribution >= 4 is 33.9 Å². The van der Waals surface area contributed by atoms with Gasteiger partial charge in [-0.3, -0.25) is 0 Å². The molecule has 2 rings (SSSR count). The van der Waals surface area contributed by atoms with Crippen molar-refractivity contribution in [3.8, 4) is 0 Å². The fourth-order valence-electron chi connectivity index (χ4n) is 1.27. The average Bonchev–Trinajstić information content (AvgIpc) is 2.70. The highest BCUT2D eigenvalue weighted by Gasteiger charge is 2.04. The van der Waals surface area contributed by atoms with Crippen LogP contribution >= 0.6 is 23.1 Å². The maximum absolute atomic E-state index is 4.11. The number of benzene rings is 1. The monoisotopic (exact) mass is 251 g/mol. The van der Waals surface area contributed by atoms with E-state index in [1.54, 1.807) is 23.1 Å². The van der Waals surface area contributed by atoms with Crippen LogP contribution in [0.1, 0.15) is 12.5 Å². The number of aromatic nitrogens is 2. The van der Waals surface area contributed by atoms with E-state index in [-0.39, 0.29) is 0 Å². The van der Waals surface area contributed by atoms with E-state index in [1.807, 2.05) is 18.2 Å². The number of nitrogens with zero attached hydrogens (tertiary/aromatic N) is 2. The van der Waals surface area contributed by atoms with Crippen LogP contribution < -0.4 is 5.32 Å². The Hall–Kier alpha value is -1.07. The van der Waals surface area contributed by atoms with Crippen LogP contribution in [0, 0.1) is 6.92 Å². The molecule has 5 heteroatoms. The van der Waals surface area contributed by atoms with Gasteiger partial charge in [0.2, 0.25) is 5.13 Å². The molecule has 0 spiro atoms. The summed E-state index contributed by atoms with van der Waals surface area (Å²) in [5.74, 6) is 1.03. The molecule has 0 saturated heterocycles. The largest absolute Gasteiger partial charge is 0.330 e. The summed E-state index contributed by atoms with van der Waals surface area (Å²) < 4.78 is 1.01. The molecule has 0 aliphatic heterocycles. The molecule has 1 heterocycles. The Labute approximate surface area is 103 Å². The molecule has 16 heavy (non-hydrogen) atoms. The molecule has 0 aliphatic carbocycles. The summed E-state index contributed by atoms with van der Waals surface area (Å²) in [4.78, 5) is 0. The summed E-state index contributed by atoms with van der Waals surface area (Å²) in [5.41, 5.74) is 2.30. The molecule has 1 aromatic heterocycles. The molecule has 0 amide bonds. The van der Waals surface area contributed by atoms with Crippen molar-refractivity contribution < 1.29 is 0 Å². The molecular weight excluding hydrogens is 238 g/mol. The Morgan fingerprint density at radius 2 is 2.12 bits per heavy atom. The van der Waals surface area contributed by atoms with E-state index in [1.165, 1.54) is 5.56 Å². The van der Waals surface area contributed by atoms with Gasteiger partial charge < -0.3 is 5.32 Å². The van der Waals surface area contributed by atoms with Gasteiger partial charge in [0.05, 0.1) is 0 Å². The van der Waals surface area contributed by atoms with Crippen molar-refractivity contribution in [2.45, 2.75) is 18.2 Å². The Morgan fingerprint density at radius 3 is 2.88 bits per heavy atom. The van der Waals surface area contributed by atoms with E-state index in [0.29, 0.717) is 0 Å². The number of nitrogens with one attached hydrogen (secondary N) is 1. The maximum Gasteiger partial charge on any atom is 0.210 e. The number of rotatable bonds is 4. The summed E-state index contributed by atoms with van der Waals surface area (Å²) >= 11 is 3.31. The zero-order chi connectivity index (χ0) is 11.4. The highest BCUT2D eigenvalue weighted by molar-refractivity contribution is 8.01. The SMILES string of the molecule is CCSc1nnc(Nc2ccccc2C)s1. The van der Waals surface area contributed by atoms with E-state index in [2.05, 4.69) is 35.4 Å². The number of thioether (sulfide) groups is 1. The Bertz CT molecular complexity index is 468. The van der Waals surface area contributed by atoms with Crippen molar-refractivity contribution in [3.05, 3.63) is 29.8 Å². The first kappa shape index (κ1) is 11.4. The maximum atomic E-state index is 4.11. The third kappa shape index (κ3) is 2.74. The highest BCUT2D eigenvalue weighted by Crippen LogP contribution is 2.28. The minimum absolute atomic E-state index is 0.852. The normalized spacial score (nSPS) is 10.4. The predicted octanol–water partition coefficient (Wildman–Crippen LogP) is 3.70. The lowest BCUT2D eigenvalue weighted by molar-refractivity contribution is 1.01. The highest BCUT2D eigenvalue weighted by atomic mass is 32.2. The van der Waals surface area contributed by atoms with Crippen LogP contribution in [0.4, 0.5) is 10.8 Å². The first-order valence-electron chi connectivity index (χ1n) is 5.08. The van der Waals surface area contributed by atoms with Crippen molar-refractivity contribution in [1.29, 1.82) is 0 Å². The van der Waals surface area contributed by atoms with Crippen molar-refractivity contribution in [2.24, 2.45) is 0 Å².